The molecule has 0 spiro atoms. The molecule has 0 unspecified atom stereocenters. The summed E-state index contributed by atoms with van der Waals surface area (Å²) in [5.74, 6) is -0.0498. The molecule has 5 heteroatoms. The molecular weight excluding hydrogens is 310 g/mol. The summed E-state index contributed by atoms with van der Waals surface area (Å²) < 4.78 is 6.05. The van der Waals surface area contributed by atoms with Crippen LogP contribution in [0, 0.1) is 0 Å². The number of hydrogen-bond donors (Lipinski definition) is 1. The molecule has 0 saturated heterocycles. The predicted octanol–water partition coefficient (Wildman–Crippen LogP) is 3.14. The molecule has 106 valence electrons. The zero-order valence-electron chi connectivity index (χ0n) is 11.7. The van der Waals surface area contributed by atoms with Gasteiger partial charge in [0.15, 0.2) is 0 Å². The largest absolute Gasteiger partial charge is 0.496 e. The molecule has 0 aliphatic heterocycles. The van der Waals surface area contributed by atoms with Gasteiger partial charge in [0.05, 0.1) is 11.6 Å². The van der Waals surface area contributed by atoms with Gasteiger partial charge >= 0.3 is 5.97 Å². The Morgan fingerprint density at radius 1 is 1.47 bits per heavy atom. The van der Waals surface area contributed by atoms with Crippen molar-refractivity contribution in [2.24, 2.45) is 0 Å². The highest BCUT2D eigenvalue weighted by Gasteiger charge is 2.33. The van der Waals surface area contributed by atoms with E-state index in [0.717, 1.165) is 15.8 Å². The second kappa shape index (κ2) is 6.39. The quantitative estimate of drug-likeness (QED) is 0.871. The van der Waals surface area contributed by atoms with Crippen molar-refractivity contribution in [3.05, 3.63) is 28.2 Å². The number of ether oxygens (including phenoxy) is 1. The summed E-state index contributed by atoms with van der Waals surface area (Å²) >= 11 is 3.44. The third-order valence-electron chi connectivity index (χ3n) is 3.29. The van der Waals surface area contributed by atoms with Crippen molar-refractivity contribution in [1.29, 1.82) is 0 Å². The number of nitrogens with zero attached hydrogens (tertiary/aromatic N) is 1. The minimum Gasteiger partial charge on any atom is -0.496 e. The summed E-state index contributed by atoms with van der Waals surface area (Å²) in [6, 6.07) is 5.78. The van der Waals surface area contributed by atoms with Gasteiger partial charge in [-0.3, -0.25) is 9.69 Å². The first-order valence-corrected chi connectivity index (χ1v) is 6.93. The highest BCUT2D eigenvalue weighted by molar-refractivity contribution is 9.10. The molecular formula is C14H20BrNO3. The van der Waals surface area contributed by atoms with Crippen LogP contribution in [0.1, 0.15) is 26.3 Å². The third-order valence-corrected chi connectivity index (χ3v) is 3.91. The van der Waals surface area contributed by atoms with Gasteiger partial charge in [-0.2, -0.15) is 0 Å². The van der Waals surface area contributed by atoms with Crippen molar-refractivity contribution in [2.75, 3.05) is 13.7 Å². The second-order valence-corrected chi connectivity index (χ2v) is 5.70. The standard InChI is InChI=1S/C14H20BrNO3/c1-5-16(14(2,3)13(17)18)9-10-6-7-12(19-4)11(15)8-10/h6-8H,5,9H2,1-4H3,(H,17,18). The van der Waals surface area contributed by atoms with Gasteiger partial charge in [-0.05, 0) is 54.0 Å². The Balaban J connectivity index is 2.93. The number of halogens is 1. The lowest BCUT2D eigenvalue weighted by molar-refractivity contribution is -0.149. The molecule has 0 bridgehead atoms. The van der Waals surface area contributed by atoms with E-state index in [9.17, 15) is 9.90 Å². The molecule has 1 N–H and O–H groups in total. The molecule has 0 radical (unpaired) electrons. The third kappa shape index (κ3) is 3.70. The van der Waals surface area contributed by atoms with E-state index in [4.69, 9.17) is 4.74 Å². The molecule has 1 rings (SSSR count). The zero-order chi connectivity index (χ0) is 14.6. The molecule has 0 aliphatic rings. The second-order valence-electron chi connectivity index (χ2n) is 4.85. The Kier molecular flexibility index (Phi) is 5.38. The fourth-order valence-electron chi connectivity index (χ4n) is 1.87. The molecule has 0 amide bonds. The van der Waals surface area contributed by atoms with Gasteiger partial charge < -0.3 is 9.84 Å². The lowest BCUT2D eigenvalue weighted by atomic mass is 10.0. The number of methoxy groups -OCH3 is 1. The van der Waals surface area contributed by atoms with Gasteiger partial charge in [-0.1, -0.05) is 13.0 Å². The number of aliphatic carboxylic acids is 1. The Hall–Kier alpha value is -1.07. The fourth-order valence-corrected chi connectivity index (χ4v) is 2.46. The summed E-state index contributed by atoms with van der Waals surface area (Å²) in [7, 11) is 1.62. The number of carboxylic acid groups (broad SMARTS) is 1. The van der Waals surface area contributed by atoms with E-state index >= 15 is 0 Å². The smallest absolute Gasteiger partial charge is 0.323 e. The van der Waals surface area contributed by atoms with E-state index in [1.165, 1.54) is 0 Å². The molecule has 0 aromatic heterocycles. The maximum absolute atomic E-state index is 11.3. The van der Waals surface area contributed by atoms with E-state index in [1.54, 1.807) is 21.0 Å². The SMILES string of the molecule is CCN(Cc1ccc(OC)c(Br)c1)C(C)(C)C(=O)O. The molecule has 1 aromatic rings. The molecule has 0 fully saturated rings. The first kappa shape index (κ1) is 16.0. The number of benzene rings is 1. The van der Waals surface area contributed by atoms with Gasteiger partial charge in [-0.25, -0.2) is 0 Å². The highest BCUT2D eigenvalue weighted by Crippen LogP contribution is 2.27. The number of carbonyl (C=O) groups is 1. The van der Waals surface area contributed by atoms with Crippen LogP contribution in [-0.4, -0.2) is 35.2 Å². The molecule has 0 aliphatic carbocycles. The maximum atomic E-state index is 11.3. The molecule has 4 nitrogen and oxygen atoms in total. The summed E-state index contributed by atoms with van der Waals surface area (Å²) in [4.78, 5) is 13.2. The monoisotopic (exact) mass is 329 g/mol. The molecule has 0 saturated carbocycles. The molecule has 1 aromatic carbocycles. The Labute approximate surface area is 122 Å². The topological polar surface area (TPSA) is 49.8 Å². The summed E-state index contributed by atoms with van der Waals surface area (Å²) in [6.45, 7) is 6.65. The van der Waals surface area contributed by atoms with Gasteiger partial charge in [-0.15, -0.1) is 0 Å². The van der Waals surface area contributed by atoms with Gasteiger partial charge in [0, 0.05) is 6.54 Å². The first-order valence-electron chi connectivity index (χ1n) is 6.13. The maximum Gasteiger partial charge on any atom is 0.323 e. The minimum absolute atomic E-state index is 0.582. The van der Waals surface area contributed by atoms with E-state index in [2.05, 4.69) is 15.9 Å². The van der Waals surface area contributed by atoms with Crippen molar-refractivity contribution in [1.82, 2.24) is 4.90 Å². The van der Waals surface area contributed by atoms with E-state index in [0.29, 0.717) is 13.1 Å². The molecule has 0 heterocycles. The summed E-state index contributed by atoms with van der Waals surface area (Å²) in [6.07, 6.45) is 0. The van der Waals surface area contributed by atoms with Crippen LogP contribution in [0.2, 0.25) is 0 Å². The van der Waals surface area contributed by atoms with Gasteiger partial charge in [0.25, 0.3) is 0 Å². The lowest BCUT2D eigenvalue weighted by Gasteiger charge is -2.34. The summed E-state index contributed by atoms with van der Waals surface area (Å²) in [5.41, 5.74) is 0.157. The van der Waals surface area contributed by atoms with E-state index in [1.807, 2.05) is 30.0 Å². The van der Waals surface area contributed by atoms with Crippen molar-refractivity contribution in [3.8, 4) is 5.75 Å². The van der Waals surface area contributed by atoms with Crippen LogP contribution in [0.15, 0.2) is 22.7 Å². The van der Waals surface area contributed by atoms with Crippen LogP contribution < -0.4 is 4.74 Å². The Morgan fingerprint density at radius 2 is 2.11 bits per heavy atom. The van der Waals surface area contributed by atoms with E-state index in [-0.39, 0.29) is 0 Å². The minimum atomic E-state index is -0.888. The Morgan fingerprint density at radius 3 is 2.53 bits per heavy atom. The average Bonchev–Trinajstić information content (AvgIpc) is 2.35. The van der Waals surface area contributed by atoms with Crippen LogP contribution >= 0.6 is 15.9 Å². The van der Waals surface area contributed by atoms with Crippen molar-refractivity contribution in [2.45, 2.75) is 32.9 Å². The zero-order valence-corrected chi connectivity index (χ0v) is 13.3. The predicted molar refractivity (Wildman–Crippen MR) is 78.5 cm³/mol. The lowest BCUT2D eigenvalue weighted by Crippen LogP contribution is -2.49. The normalized spacial score (nSPS) is 11.7. The first-order chi connectivity index (χ1) is 8.82. The van der Waals surface area contributed by atoms with Crippen molar-refractivity contribution < 1.29 is 14.6 Å². The highest BCUT2D eigenvalue weighted by atomic mass is 79.9. The van der Waals surface area contributed by atoms with Crippen LogP contribution in [0.5, 0.6) is 5.75 Å². The van der Waals surface area contributed by atoms with Crippen molar-refractivity contribution in [3.63, 3.8) is 0 Å². The molecule has 19 heavy (non-hydrogen) atoms. The number of carboxylic acids is 1. The van der Waals surface area contributed by atoms with Gasteiger partial charge in [0.2, 0.25) is 0 Å². The van der Waals surface area contributed by atoms with Crippen LogP contribution in [-0.2, 0) is 11.3 Å². The van der Waals surface area contributed by atoms with Gasteiger partial charge in [0.1, 0.15) is 11.3 Å². The average molecular weight is 330 g/mol. The van der Waals surface area contributed by atoms with Crippen LogP contribution in [0.3, 0.4) is 0 Å². The van der Waals surface area contributed by atoms with Crippen LogP contribution in [0.4, 0.5) is 0 Å². The van der Waals surface area contributed by atoms with Crippen LogP contribution in [0.25, 0.3) is 0 Å². The molecule has 0 atom stereocenters. The number of likely N-dealkylation sites (N-methyl/N-ethyl adjacent to an activating group) is 1. The number of rotatable bonds is 6. The van der Waals surface area contributed by atoms with Crippen molar-refractivity contribution >= 4 is 21.9 Å². The fraction of sp³-hybridized carbons (Fsp3) is 0.500. The Bertz CT molecular complexity index is 460. The summed E-state index contributed by atoms with van der Waals surface area (Å²) in [5, 5.41) is 9.29. The number of hydrogen-bond acceptors (Lipinski definition) is 3. The van der Waals surface area contributed by atoms with E-state index < -0.39 is 11.5 Å².